The fourth-order valence-corrected chi connectivity index (χ4v) is 0.733. The van der Waals surface area contributed by atoms with E-state index >= 15 is 0 Å². The van der Waals surface area contributed by atoms with Gasteiger partial charge in [0.15, 0.2) is 5.84 Å². The van der Waals surface area contributed by atoms with E-state index in [1.54, 1.807) is 13.1 Å². The Morgan fingerprint density at radius 3 is 2.58 bits per heavy atom. The van der Waals surface area contributed by atoms with Gasteiger partial charge in [0.25, 0.3) is 0 Å². The number of rotatable bonds is 1. The number of benzene rings is 1. The zero-order chi connectivity index (χ0) is 8.81. The summed E-state index contributed by atoms with van der Waals surface area (Å²) >= 11 is 0. The predicted molar refractivity (Wildman–Crippen MR) is 48.9 cm³/mol. The minimum atomic E-state index is 0.346. The molecule has 0 spiro atoms. The molecule has 1 N–H and O–H groups in total. The van der Waals surface area contributed by atoms with Crippen molar-refractivity contribution in [3.05, 3.63) is 35.9 Å². The van der Waals surface area contributed by atoms with Gasteiger partial charge in [-0.1, -0.05) is 35.5 Å². The van der Waals surface area contributed by atoms with Crippen LogP contribution in [0.1, 0.15) is 12.5 Å². The van der Waals surface area contributed by atoms with E-state index in [9.17, 15) is 0 Å². The molecule has 0 bridgehead atoms. The Bertz CT molecular complexity index is 291. The molecule has 0 saturated carbocycles. The van der Waals surface area contributed by atoms with Gasteiger partial charge in [0.05, 0.1) is 0 Å². The van der Waals surface area contributed by atoms with Crippen LogP contribution in [-0.4, -0.2) is 17.3 Å². The second kappa shape index (κ2) is 4.28. The number of oxime groups is 1. The van der Waals surface area contributed by atoms with Crippen molar-refractivity contribution in [3.8, 4) is 0 Å². The van der Waals surface area contributed by atoms with Gasteiger partial charge in [0, 0.05) is 6.21 Å². The first-order valence-corrected chi connectivity index (χ1v) is 3.60. The van der Waals surface area contributed by atoms with Gasteiger partial charge in [-0.25, -0.2) is 4.99 Å². The summed E-state index contributed by atoms with van der Waals surface area (Å²) < 4.78 is 0. The number of hydrogen-bond donors (Lipinski definition) is 1. The van der Waals surface area contributed by atoms with Gasteiger partial charge in [-0.05, 0) is 12.5 Å². The lowest BCUT2D eigenvalue weighted by molar-refractivity contribution is 0.318. The summed E-state index contributed by atoms with van der Waals surface area (Å²) in [6.07, 6.45) is 1.65. The summed E-state index contributed by atoms with van der Waals surface area (Å²) in [5.41, 5.74) is 0.987. The molecule has 3 nitrogen and oxygen atoms in total. The van der Waals surface area contributed by atoms with Crippen LogP contribution in [-0.2, 0) is 0 Å². The third-order valence-electron chi connectivity index (χ3n) is 1.34. The Kier molecular flexibility index (Phi) is 3.02. The highest BCUT2D eigenvalue weighted by Crippen LogP contribution is 1.93. The first-order chi connectivity index (χ1) is 5.83. The van der Waals surface area contributed by atoms with Crippen LogP contribution in [0.4, 0.5) is 0 Å². The highest BCUT2D eigenvalue weighted by atomic mass is 16.4. The van der Waals surface area contributed by atoms with Crippen LogP contribution >= 0.6 is 0 Å². The van der Waals surface area contributed by atoms with Crippen LogP contribution in [0.25, 0.3) is 0 Å². The highest BCUT2D eigenvalue weighted by Gasteiger charge is 1.84. The second-order valence-corrected chi connectivity index (χ2v) is 2.32. The van der Waals surface area contributed by atoms with E-state index in [-0.39, 0.29) is 0 Å². The van der Waals surface area contributed by atoms with Gasteiger partial charge in [0.1, 0.15) is 0 Å². The van der Waals surface area contributed by atoms with Gasteiger partial charge in [0.2, 0.25) is 0 Å². The molecule has 0 aliphatic carbocycles. The molecule has 0 radical (unpaired) electrons. The first-order valence-electron chi connectivity index (χ1n) is 3.60. The summed E-state index contributed by atoms with van der Waals surface area (Å²) in [6, 6.07) is 9.63. The molecule has 0 saturated heterocycles. The topological polar surface area (TPSA) is 45.0 Å². The van der Waals surface area contributed by atoms with Crippen molar-refractivity contribution in [1.82, 2.24) is 0 Å². The summed E-state index contributed by atoms with van der Waals surface area (Å²) in [5.74, 6) is 0.346. The molecule has 0 atom stereocenters. The maximum absolute atomic E-state index is 8.29. The third-order valence-corrected chi connectivity index (χ3v) is 1.34. The van der Waals surface area contributed by atoms with Crippen molar-refractivity contribution in [2.24, 2.45) is 10.1 Å². The zero-order valence-corrected chi connectivity index (χ0v) is 6.81. The maximum atomic E-state index is 8.29. The third kappa shape index (κ3) is 2.54. The fraction of sp³-hybridized carbons (Fsp3) is 0.111. The Morgan fingerprint density at radius 2 is 2.00 bits per heavy atom. The van der Waals surface area contributed by atoms with E-state index in [1.807, 2.05) is 30.3 Å². The van der Waals surface area contributed by atoms with Crippen molar-refractivity contribution in [1.29, 1.82) is 0 Å². The van der Waals surface area contributed by atoms with Crippen LogP contribution in [0, 0.1) is 0 Å². The van der Waals surface area contributed by atoms with Gasteiger partial charge in [-0.2, -0.15) is 0 Å². The molecule has 1 aromatic carbocycles. The van der Waals surface area contributed by atoms with Crippen molar-refractivity contribution >= 4 is 12.1 Å². The first kappa shape index (κ1) is 8.46. The summed E-state index contributed by atoms with van der Waals surface area (Å²) in [6.45, 7) is 1.62. The molecule has 0 aliphatic rings. The van der Waals surface area contributed by atoms with Gasteiger partial charge < -0.3 is 5.21 Å². The molecule has 0 aliphatic heterocycles. The van der Waals surface area contributed by atoms with Crippen LogP contribution in [0.5, 0.6) is 0 Å². The van der Waals surface area contributed by atoms with E-state index < -0.39 is 0 Å². The molecule has 1 rings (SSSR count). The number of nitrogens with zero attached hydrogens (tertiary/aromatic N) is 2. The van der Waals surface area contributed by atoms with Crippen molar-refractivity contribution in [2.45, 2.75) is 6.92 Å². The fourth-order valence-electron chi connectivity index (χ4n) is 0.733. The van der Waals surface area contributed by atoms with Gasteiger partial charge in [-0.15, -0.1) is 0 Å². The van der Waals surface area contributed by atoms with Crippen LogP contribution in [0.15, 0.2) is 40.5 Å². The van der Waals surface area contributed by atoms with Crippen LogP contribution in [0.3, 0.4) is 0 Å². The SMILES string of the molecule is C/C(N=Cc1ccccc1)=N/O. The van der Waals surface area contributed by atoms with Crippen molar-refractivity contribution < 1.29 is 5.21 Å². The lowest BCUT2D eigenvalue weighted by Crippen LogP contribution is -1.87. The predicted octanol–water partition coefficient (Wildman–Crippen LogP) is 1.91. The largest absolute Gasteiger partial charge is 0.409 e. The van der Waals surface area contributed by atoms with E-state index in [4.69, 9.17) is 5.21 Å². The average Bonchev–Trinajstić information content (AvgIpc) is 2.16. The summed E-state index contributed by atoms with van der Waals surface area (Å²) in [5, 5.41) is 11.2. The summed E-state index contributed by atoms with van der Waals surface area (Å²) in [7, 11) is 0. The van der Waals surface area contributed by atoms with E-state index in [0.29, 0.717) is 5.84 Å². The second-order valence-electron chi connectivity index (χ2n) is 2.32. The molecule has 0 fully saturated rings. The minimum absolute atomic E-state index is 0.346. The Labute approximate surface area is 71.1 Å². The van der Waals surface area contributed by atoms with Crippen LogP contribution < -0.4 is 0 Å². The molecule has 12 heavy (non-hydrogen) atoms. The molecule has 3 heteroatoms. The lowest BCUT2D eigenvalue weighted by atomic mass is 10.2. The maximum Gasteiger partial charge on any atom is 0.164 e. The monoisotopic (exact) mass is 162 g/mol. The van der Waals surface area contributed by atoms with E-state index in [2.05, 4.69) is 10.1 Å². The molecular formula is C9H10N2O. The van der Waals surface area contributed by atoms with Crippen molar-refractivity contribution in [2.75, 3.05) is 0 Å². The van der Waals surface area contributed by atoms with E-state index in [0.717, 1.165) is 5.56 Å². The molecule has 0 amide bonds. The van der Waals surface area contributed by atoms with Gasteiger partial charge >= 0.3 is 0 Å². The standard InChI is InChI=1S/C9H10N2O/c1-8(11-12)10-7-9-5-3-2-4-6-9/h2-7,12H,1H3/b10-7?,11-8-. The smallest absolute Gasteiger partial charge is 0.164 e. The average molecular weight is 162 g/mol. The van der Waals surface area contributed by atoms with E-state index in [1.165, 1.54) is 0 Å². The number of amidine groups is 1. The number of hydrogen-bond acceptors (Lipinski definition) is 2. The quantitative estimate of drug-likeness (QED) is 0.291. The molecule has 0 unspecified atom stereocenters. The zero-order valence-electron chi connectivity index (χ0n) is 6.81. The molecule has 1 aromatic rings. The van der Waals surface area contributed by atoms with Gasteiger partial charge in [-0.3, -0.25) is 0 Å². The highest BCUT2D eigenvalue weighted by molar-refractivity contribution is 5.93. The molecular weight excluding hydrogens is 152 g/mol. The molecule has 62 valence electrons. The van der Waals surface area contributed by atoms with Crippen molar-refractivity contribution in [3.63, 3.8) is 0 Å². The normalized spacial score (nSPS) is 12.2. The van der Waals surface area contributed by atoms with Crippen LogP contribution in [0.2, 0.25) is 0 Å². The Morgan fingerprint density at radius 1 is 1.33 bits per heavy atom. The Hall–Kier alpha value is -1.64. The summed E-state index contributed by atoms with van der Waals surface area (Å²) in [4.78, 5) is 3.89. The lowest BCUT2D eigenvalue weighted by Gasteiger charge is -1.89. The number of aliphatic imine (C=N–C) groups is 1. The minimum Gasteiger partial charge on any atom is -0.409 e. The molecule has 0 heterocycles. The molecule has 0 aromatic heterocycles. The Balaban J connectivity index is 2.70.